The number of ether oxygens (including phenoxy) is 1. The summed E-state index contributed by atoms with van der Waals surface area (Å²) in [6.07, 6.45) is 1.75. The zero-order valence-electron chi connectivity index (χ0n) is 8.18. The summed E-state index contributed by atoms with van der Waals surface area (Å²) in [5.41, 5.74) is -0.0579. The molecule has 0 N–H and O–H groups in total. The lowest BCUT2D eigenvalue weighted by atomic mass is 9.94. The van der Waals surface area contributed by atoms with E-state index in [-0.39, 0.29) is 11.0 Å². The Balaban J connectivity index is 2.41. The maximum absolute atomic E-state index is 10.8. The maximum Gasteiger partial charge on any atom is 0.316 e. The molecule has 0 bridgehead atoms. The first-order chi connectivity index (χ1) is 6.07. The van der Waals surface area contributed by atoms with Gasteiger partial charge in [-0.05, 0) is 38.3 Å². The Morgan fingerprint density at radius 2 is 2.08 bits per heavy atom. The Kier molecular flexibility index (Phi) is 3.56. The molecule has 3 nitrogen and oxygen atoms in total. The lowest BCUT2D eigenvalue weighted by Gasteiger charge is -2.38. The summed E-state index contributed by atoms with van der Waals surface area (Å²) in [5, 5.41) is -0.349. The van der Waals surface area contributed by atoms with Gasteiger partial charge in [-0.2, -0.15) is 0 Å². The van der Waals surface area contributed by atoms with Crippen molar-refractivity contribution in [3.63, 3.8) is 0 Å². The number of carbonyl (C=O) groups excluding carboxylic acids is 1. The zero-order chi connectivity index (χ0) is 9.90. The summed E-state index contributed by atoms with van der Waals surface area (Å²) in [4.78, 5) is 12.5. The number of hydrogen-bond acceptors (Lipinski definition) is 2. The van der Waals surface area contributed by atoms with E-state index >= 15 is 0 Å². The van der Waals surface area contributed by atoms with Crippen LogP contribution in [0.1, 0.15) is 26.7 Å². The van der Waals surface area contributed by atoms with E-state index in [1.807, 2.05) is 6.92 Å². The van der Waals surface area contributed by atoms with E-state index in [4.69, 9.17) is 16.3 Å². The second-order valence-electron chi connectivity index (χ2n) is 3.62. The van der Waals surface area contributed by atoms with Gasteiger partial charge in [0.25, 0.3) is 0 Å². The summed E-state index contributed by atoms with van der Waals surface area (Å²) in [5.74, 6) is 0. The predicted molar refractivity (Wildman–Crippen MR) is 52.1 cm³/mol. The summed E-state index contributed by atoms with van der Waals surface area (Å²) < 4.78 is 5.62. The van der Waals surface area contributed by atoms with E-state index < -0.39 is 0 Å². The molecule has 1 aliphatic rings. The van der Waals surface area contributed by atoms with Crippen LogP contribution in [0.4, 0.5) is 4.79 Å². The minimum Gasteiger partial charge on any atom is -0.375 e. The van der Waals surface area contributed by atoms with Gasteiger partial charge in [0, 0.05) is 19.7 Å². The molecular formula is C9H16ClNO2. The molecule has 0 unspecified atom stereocenters. The van der Waals surface area contributed by atoms with Crippen molar-refractivity contribution in [3.8, 4) is 0 Å². The minimum absolute atomic E-state index is 0.0579. The summed E-state index contributed by atoms with van der Waals surface area (Å²) in [6, 6.07) is 0. The Labute approximate surface area is 84.0 Å². The number of amides is 1. The van der Waals surface area contributed by atoms with Crippen LogP contribution >= 0.6 is 11.6 Å². The van der Waals surface area contributed by atoms with Crippen LogP contribution in [-0.2, 0) is 4.74 Å². The number of rotatable bonds is 2. The Morgan fingerprint density at radius 1 is 1.54 bits per heavy atom. The third-order valence-corrected chi connectivity index (χ3v) is 2.80. The summed E-state index contributed by atoms with van der Waals surface area (Å²) >= 11 is 5.37. The molecule has 0 radical (unpaired) electrons. The van der Waals surface area contributed by atoms with Crippen molar-refractivity contribution in [1.29, 1.82) is 0 Å². The first-order valence-electron chi connectivity index (χ1n) is 4.66. The van der Waals surface area contributed by atoms with Crippen molar-refractivity contribution in [2.75, 3.05) is 19.7 Å². The highest BCUT2D eigenvalue weighted by Gasteiger charge is 2.31. The van der Waals surface area contributed by atoms with Crippen molar-refractivity contribution in [2.24, 2.45) is 0 Å². The molecule has 1 heterocycles. The van der Waals surface area contributed by atoms with E-state index in [0.717, 1.165) is 19.4 Å². The molecule has 76 valence electrons. The lowest BCUT2D eigenvalue weighted by Crippen LogP contribution is -2.45. The predicted octanol–water partition coefficient (Wildman–Crippen LogP) is 2.24. The number of piperidine rings is 1. The Bertz CT molecular complexity index is 188. The molecule has 1 aliphatic heterocycles. The quantitative estimate of drug-likeness (QED) is 0.511. The molecule has 1 saturated heterocycles. The molecular weight excluding hydrogens is 190 g/mol. The van der Waals surface area contributed by atoms with E-state index in [1.54, 1.807) is 4.90 Å². The van der Waals surface area contributed by atoms with Gasteiger partial charge in [-0.3, -0.25) is 4.79 Å². The molecule has 1 fully saturated rings. The molecule has 0 atom stereocenters. The highest BCUT2D eigenvalue weighted by atomic mass is 35.5. The second-order valence-corrected chi connectivity index (χ2v) is 3.95. The highest BCUT2D eigenvalue weighted by Crippen LogP contribution is 2.26. The Hall–Kier alpha value is -0.280. The average molecular weight is 206 g/mol. The molecule has 0 aromatic carbocycles. The highest BCUT2D eigenvalue weighted by molar-refractivity contribution is 6.62. The number of nitrogens with zero attached hydrogens (tertiary/aromatic N) is 1. The first kappa shape index (κ1) is 10.8. The van der Waals surface area contributed by atoms with Crippen LogP contribution in [0.15, 0.2) is 0 Å². The third-order valence-electron chi connectivity index (χ3n) is 2.56. The molecule has 0 aromatic rings. The fourth-order valence-electron chi connectivity index (χ4n) is 1.65. The topological polar surface area (TPSA) is 29.5 Å². The SMILES string of the molecule is CCOC1(C)CCN(C(=O)Cl)CC1. The van der Waals surface area contributed by atoms with Crippen LogP contribution in [0, 0.1) is 0 Å². The van der Waals surface area contributed by atoms with Crippen molar-refractivity contribution in [2.45, 2.75) is 32.3 Å². The average Bonchev–Trinajstić information content (AvgIpc) is 2.05. The number of carbonyl (C=O) groups is 1. The molecule has 1 rings (SSSR count). The van der Waals surface area contributed by atoms with Gasteiger partial charge in [-0.15, -0.1) is 0 Å². The molecule has 0 spiro atoms. The van der Waals surface area contributed by atoms with E-state index in [1.165, 1.54) is 0 Å². The summed E-state index contributed by atoms with van der Waals surface area (Å²) in [7, 11) is 0. The van der Waals surface area contributed by atoms with Gasteiger partial charge in [-0.25, -0.2) is 0 Å². The lowest BCUT2D eigenvalue weighted by molar-refractivity contribution is -0.0584. The van der Waals surface area contributed by atoms with Gasteiger partial charge in [0.2, 0.25) is 0 Å². The zero-order valence-corrected chi connectivity index (χ0v) is 8.93. The normalized spacial score (nSPS) is 21.6. The van der Waals surface area contributed by atoms with Gasteiger partial charge in [0.15, 0.2) is 0 Å². The molecule has 0 saturated carbocycles. The van der Waals surface area contributed by atoms with Gasteiger partial charge >= 0.3 is 5.37 Å². The van der Waals surface area contributed by atoms with Crippen molar-refractivity contribution in [3.05, 3.63) is 0 Å². The number of halogens is 1. The molecule has 13 heavy (non-hydrogen) atoms. The first-order valence-corrected chi connectivity index (χ1v) is 5.03. The van der Waals surface area contributed by atoms with Crippen LogP contribution in [0.5, 0.6) is 0 Å². The van der Waals surface area contributed by atoms with E-state index in [2.05, 4.69) is 6.92 Å². The van der Waals surface area contributed by atoms with Crippen molar-refractivity contribution in [1.82, 2.24) is 4.90 Å². The third kappa shape index (κ3) is 2.85. The molecule has 0 aliphatic carbocycles. The van der Waals surface area contributed by atoms with E-state index in [0.29, 0.717) is 13.1 Å². The smallest absolute Gasteiger partial charge is 0.316 e. The largest absolute Gasteiger partial charge is 0.375 e. The van der Waals surface area contributed by atoms with Crippen LogP contribution < -0.4 is 0 Å². The van der Waals surface area contributed by atoms with E-state index in [9.17, 15) is 4.79 Å². The molecule has 0 aromatic heterocycles. The van der Waals surface area contributed by atoms with Crippen LogP contribution in [0.2, 0.25) is 0 Å². The minimum atomic E-state index is -0.349. The second kappa shape index (κ2) is 4.29. The van der Waals surface area contributed by atoms with Crippen LogP contribution in [-0.4, -0.2) is 35.6 Å². The summed E-state index contributed by atoms with van der Waals surface area (Å²) in [6.45, 7) is 6.22. The molecule has 4 heteroatoms. The maximum atomic E-state index is 10.8. The Morgan fingerprint density at radius 3 is 2.46 bits per heavy atom. The monoisotopic (exact) mass is 205 g/mol. The fourth-order valence-corrected chi connectivity index (χ4v) is 1.82. The number of hydrogen-bond donors (Lipinski definition) is 0. The standard InChI is InChI=1S/C9H16ClNO2/c1-3-13-9(2)4-6-11(7-5-9)8(10)12/h3-7H2,1-2H3. The van der Waals surface area contributed by atoms with Crippen molar-refractivity contribution >= 4 is 17.0 Å². The molecule has 1 amide bonds. The number of likely N-dealkylation sites (tertiary alicyclic amines) is 1. The van der Waals surface area contributed by atoms with Gasteiger partial charge in [-0.1, -0.05) is 0 Å². The van der Waals surface area contributed by atoms with Crippen LogP contribution in [0.25, 0.3) is 0 Å². The van der Waals surface area contributed by atoms with Gasteiger partial charge < -0.3 is 9.64 Å². The van der Waals surface area contributed by atoms with Crippen molar-refractivity contribution < 1.29 is 9.53 Å². The fraction of sp³-hybridized carbons (Fsp3) is 0.889. The van der Waals surface area contributed by atoms with Gasteiger partial charge in [0.1, 0.15) is 0 Å². The van der Waals surface area contributed by atoms with Crippen LogP contribution in [0.3, 0.4) is 0 Å². The van der Waals surface area contributed by atoms with Gasteiger partial charge in [0.05, 0.1) is 5.60 Å².